The first-order valence-electron chi connectivity index (χ1n) is 13.5. The first-order valence-corrected chi connectivity index (χ1v) is 15.1. The van der Waals surface area contributed by atoms with Gasteiger partial charge in [0.05, 0.1) is 13.7 Å². The average Bonchev–Trinajstić information content (AvgIpc) is 2.89. The number of carbonyl (C=O) groups excluding carboxylic acids is 1. The van der Waals surface area contributed by atoms with Gasteiger partial charge in [0.15, 0.2) is 0 Å². The lowest BCUT2D eigenvalue weighted by Crippen LogP contribution is -2.23. The van der Waals surface area contributed by atoms with Crippen LogP contribution in [0.5, 0.6) is 5.75 Å². The Morgan fingerprint density at radius 2 is 1.29 bits per heavy atom. The first-order chi connectivity index (χ1) is 17.0. The Morgan fingerprint density at radius 1 is 0.771 bits per heavy atom. The molecule has 2 rings (SSSR count). The van der Waals surface area contributed by atoms with Crippen molar-refractivity contribution in [2.45, 2.75) is 90.9 Å². The van der Waals surface area contributed by atoms with Gasteiger partial charge in [-0.3, -0.25) is 9.36 Å². The highest BCUT2D eigenvalue weighted by atomic mass is 31.2. The Morgan fingerprint density at radius 3 is 1.80 bits per heavy atom. The van der Waals surface area contributed by atoms with Crippen LogP contribution in [0.1, 0.15) is 90.9 Å². The Kier molecular flexibility index (Phi) is 14.0. The lowest BCUT2D eigenvalue weighted by molar-refractivity contribution is -0.121. The summed E-state index contributed by atoms with van der Waals surface area (Å²) in [4.78, 5) is 12.3. The van der Waals surface area contributed by atoms with E-state index in [1.165, 1.54) is 57.8 Å². The zero-order chi connectivity index (χ0) is 25.4. The zero-order valence-electron chi connectivity index (χ0n) is 22.0. The molecule has 0 amide bonds. The third-order valence-electron chi connectivity index (χ3n) is 6.70. The maximum Gasteiger partial charge on any atom is 0.261 e. The van der Waals surface area contributed by atoms with Crippen molar-refractivity contribution in [3.8, 4) is 5.75 Å². The first kappa shape index (κ1) is 29.3. The molecule has 2 aromatic carbocycles. The van der Waals surface area contributed by atoms with Crippen molar-refractivity contribution < 1.29 is 18.6 Å². The standard InChI is InChI=1S/C30H45O4P/c1-4-5-6-7-8-9-10-11-12-13-15-18-27(26(2)31)25-34-35(32,29-19-16-14-17-20-29)30-23-21-28(33-3)22-24-30/h14,16-17,19-24,27H,4-13,15,18,25H2,1-3H3. The number of unbranched alkanes of at least 4 members (excludes halogenated alkanes) is 10. The topological polar surface area (TPSA) is 52.6 Å². The maximum absolute atomic E-state index is 14.1. The molecule has 0 aromatic heterocycles. The number of ketones is 1. The summed E-state index contributed by atoms with van der Waals surface area (Å²) in [5, 5.41) is 1.25. The van der Waals surface area contributed by atoms with Gasteiger partial charge in [0.2, 0.25) is 0 Å². The summed E-state index contributed by atoms with van der Waals surface area (Å²) in [6.07, 6.45) is 14.8. The molecule has 0 heterocycles. The summed E-state index contributed by atoms with van der Waals surface area (Å²) < 4.78 is 25.5. The number of rotatable bonds is 19. The van der Waals surface area contributed by atoms with Crippen LogP contribution in [0, 0.1) is 5.92 Å². The monoisotopic (exact) mass is 500 g/mol. The second kappa shape index (κ2) is 16.7. The molecule has 2 atom stereocenters. The second-order valence-electron chi connectivity index (χ2n) is 9.51. The summed E-state index contributed by atoms with van der Waals surface area (Å²) in [7, 11) is -1.72. The van der Waals surface area contributed by atoms with Crippen molar-refractivity contribution in [2.75, 3.05) is 13.7 Å². The Hall–Kier alpha value is -1.90. The highest BCUT2D eigenvalue weighted by molar-refractivity contribution is 7.74. The van der Waals surface area contributed by atoms with Crippen LogP contribution in [0.15, 0.2) is 54.6 Å². The van der Waals surface area contributed by atoms with Gasteiger partial charge in [-0.25, -0.2) is 0 Å². The fourth-order valence-electron chi connectivity index (χ4n) is 4.35. The van der Waals surface area contributed by atoms with E-state index in [1.807, 2.05) is 30.3 Å². The van der Waals surface area contributed by atoms with Gasteiger partial charge in [0, 0.05) is 16.5 Å². The highest BCUT2D eigenvalue weighted by Gasteiger charge is 2.30. The molecule has 0 radical (unpaired) electrons. The fourth-order valence-corrected chi connectivity index (χ4v) is 6.45. The van der Waals surface area contributed by atoms with E-state index in [0.29, 0.717) is 16.4 Å². The summed E-state index contributed by atoms with van der Waals surface area (Å²) >= 11 is 0. The van der Waals surface area contributed by atoms with Crippen molar-refractivity contribution in [1.29, 1.82) is 0 Å². The largest absolute Gasteiger partial charge is 0.497 e. The number of benzene rings is 2. The van der Waals surface area contributed by atoms with Crippen molar-refractivity contribution in [3.05, 3.63) is 54.6 Å². The van der Waals surface area contributed by atoms with Crippen molar-refractivity contribution in [2.24, 2.45) is 5.92 Å². The lowest BCUT2D eigenvalue weighted by Gasteiger charge is -2.22. The number of ether oxygens (including phenoxy) is 1. The minimum atomic E-state index is -3.32. The third kappa shape index (κ3) is 10.3. The van der Waals surface area contributed by atoms with Crippen LogP contribution in [0.25, 0.3) is 0 Å². The molecule has 0 spiro atoms. The van der Waals surface area contributed by atoms with Gasteiger partial charge >= 0.3 is 0 Å². The quantitative estimate of drug-likeness (QED) is 0.146. The van der Waals surface area contributed by atoms with Crippen LogP contribution in [-0.4, -0.2) is 19.5 Å². The molecule has 0 fully saturated rings. The zero-order valence-corrected chi connectivity index (χ0v) is 22.9. The molecule has 0 aliphatic carbocycles. The van der Waals surface area contributed by atoms with Crippen LogP contribution in [-0.2, 0) is 13.9 Å². The molecule has 2 unspecified atom stereocenters. The smallest absolute Gasteiger partial charge is 0.261 e. The summed E-state index contributed by atoms with van der Waals surface area (Å²) in [5.41, 5.74) is 0. The normalized spacial score (nSPS) is 13.8. The molecule has 4 nitrogen and oxygen atoms in total. The molecule has 0 saturated carbocycles. The summed E-state index contributed by atoms with van der Waals surface area (Å²) in [6.45, 7) is 4.05. The number of hydrogen-bond donors (Lipinski definition) is 0. The SMILES string of the molecule is CCCCCCCCCCCCCC(COP(=O)(c1ccccc1)c1ccc(OC)cc1)C(C)=O. The van der Waals surface area contributed by atoms with Gasteiger partial charge in [-0.2, -0.15) is 0 Å². The van der Waals surface area contributed by atoms with Crippen molar-refractivity contribution >= 4 is 23.8 Å². The summed E-state index contributed by atoms with van der Waals surface area (Å²) in [5.74, 6) is 0.571. The molecular weight excluding hydrogens is 455 g/mol. The average molecular weight is 501 g/mol. The molecule has 0 bridgehead atoms. The maximum atomic E-state index is 14.1. The van der Waals surface area contributed by atoms with Crippen LogP contribution in [0.2, 0.25) is 0 Å². The van der Waals surface area contributed by atoms with E-state index in [4.69, 9.17) is 9.26 Å². The number of Topliss-reactive ketones (excluding diaryl/α,β-unsaturated/α-hetero) is 1. The van der Waals surface area contributed by atoms with Crippen LogP contribution in [0.3, 0.4) is 0 Å². The third-order valence-corrected chi connectivity index (χ3v) is 9.17. The van der Waals surface area contributed by atoms with E-state index in [2.05, 4.69) is 6.92 Å². The van der Waals surface area contributed by atoms with Gasteiger partial charge in [-0.05, 0) is 49.7 Å². The Labute approximate surface area is 213 Å². The predicted octanol–water partition coefficient (Wildman–Crippen LogP) is 7.85. The number of carbonyl (C=O) groups is 1. The lowest BCUT2D eigenvalue weighted by atomic mass is 9.97. The molecular formula is C30H45O4P. The van der Waals surface area contributed by atoms with Gasteiger partial charge < -0.3 is 9.26 Å². The molecule has 35 heavy (non-hydrogen) atoms. The molecule has 2 aromatic rings. The van der Waals surface area contributed by atoms with Gasteiger partial charge in [0.25, 0.3) is 7.37 Å². The fraction of sp³-hybridized carbons (Fsp3) is 0.567. The van der Waals surface area contributed by atoms with Crippen molar-refractivity contribution in [1.82, 2.24) is 0 Å². The number of methoxy groups -OCH3 is 1. The molecule has 0 N–H and O–H groups in total. The summed E-state index contributed by atoms with van der Waals surface area (Å²) in [6, 6.07) is 16.5. The van der Waals surface area contributed by atoms with Gasteiger partial charge in [-0.1, -0.05) is 95.8 Å². The van der Waals surface area contributed by atoms with E-state index in [9.17, 15) is 9.36 Å². The van der Waals surface area contributed by atoms with Crippen LogP contribution >= 0.6 is 7.37 Å². The van der Waals surface area contributed by atoms with E-state index in [1.54, 1.807) is 38.3 Å². The number of hydrogen-bond acceptors (Lipinski definition) is 4. The van der Waals surface area contributed by atoms with E-state index in [0.717, 1.165) is 19.3 Å². The van der Waals surface area contributed by atoms with Crippen molar-refractivity contribution in [3.63, 3.8) is 0 Å². The van der Waals surface area contributed by atoms with E-state index in [-0.39, 0.29) is 18.3 Å². The minimum Gasteiger partial charge on any atom is -0.497 e. The Bertz CT molecular complexity index is 879. The highest BCUT2D eigenvalue weighted by Crippen LogP contribution is 2.45. The van der Waals surface area contributed by atoms with Gasteiger partial charge in [0.1, 0.15) is 11.5 Å². The second-order valence-corrected chi connectivity index (χ2v) is 11.9. The van der Waals surface area contributed by atoms with E-state index < -0.39 is 7.37 Å². The molecule has 5 heteroatoms. The minimum absolute atomic E-state index is 0.103. The molecule has 0 saturated heterocycles. The van der Waals surface area contributed by atoms with Crippen LogP contribution in [0.4, 0.5) is 0 Å². The van der Waals surface area contributed by atoms with E-state index >= 15 is 0 Å². The predicted molar refractivity (Wildman–Crippen MR) is 148 cm³/mol. The molecule has 0 aliphatic heterocycles. The molecule has 0 aliphatic rings. The van der Waals surface area contributed by atoms with Gasteiger partial charge in [-0.15, -0.1) is 0 Å². The molecule has 194 valence electrons. The van der Waals surface area contributed by atoms with Crippen LogP contribution < -0.4 is 15.3 Å². The Balaban J connectivity index is 1.85.